The molecule has 4 rings (SSSR count). The van der Waals surface area contributed by atoms with Crippen LogP contribution in [-0.2, 0) is 23.6 Å². The van der Waals surface area contributed by atoms with Crippen LogP contribution in [-0.4, -0.2) is 28.4 Å². The molecule has 2 aromatic carbocycles. The zero-order chi connectivity index (χ0) is 21.6. The van der Waals surface area contributed by atoms with Gasteiger partial charge in [-0.25, -0.2) is 0 Å². The molecule has 0 bridgehead atoms. The maximum Gasteiger partial charge on any atom is 0.252 e. The Morgan fingerprint density at radius 1 is 1.16 bits per heavy atom. The highest BCUT2D eigenvalue weighted by atomic mass is 32.2. The van der Waals surface area contributed by atoms with Gasteiger partial charge in [-0.2, -0.15) is 0 Å². The molecule has 1 aliphatic heterocycles. The predicted octanol–water partition coefficient (Wildman–Crippen LogP) is 4.33. The van der Waals surface area contributed by atoms with E-state index in [0.717, 1.165) is 40.4 Å². The van der Waals surface area contributed by atoms with Crippen LogP contribution in [0, 0.1) is 6.92 Å². The van der Waals surface area contributed by atoms with Crippen molar-refractivity contribution in [2.75, 3.05) is 6.54 Å². The quantitative estimate of drug-likeness (QED) is 0.533. The van der Waals surface area contributed by atoms with E-state index < -0.39 is 0 Å². The molecule has 31 heavy (non-hydrogen) atoms. The zero-order valence-electron chi connectivity index (χ0n) is 17.5. The Labute approximate surface area is 186 Å². The lowest BCUT2D eigenvalue weighted by atomic mass is 10.1. The Bertz CT molecular complexity index is 1080. The molecule has 1 fully saturated rings. The number of rotatable bonds is 8. The van der Waals surface area contributed by atoms with Crippen LogP contribution in [0.3, 0.4) is 0 Å². The summed E-state index contributed by atoms with van der Waals surface area (Å²) in [6, 6.07) is 17.5. The summed E-state index contributed by atoms with van der Waals surface area (Å²) in [5.74, 6) is 1.50. The number of thioether (sulfide) groups is 1. The summed E-state index contributed by atoms with van der Waals surface area (Å²) in [4.78, 5) is 27.5. The summed E-state index contributed by atoms with van der Waals surface area (Å²) in [6.45, 7) is 3.76. The van der Waals surface area contributed by atoms with Crippen LogP contribution in [0.4, 0.5) is 0 Å². The Balaban J connectivity index is 1.36. The molecular formula is C24H25N3O3S. The van der Waals surface area contributed by atoms with Crippen LogP contribution in [0.5, 0.6) is 0 Å². The molecule has 1 saturated heterocycles. The van der Waals surface area contributed by atoms with E-state index in [0.29, 0.717) is 30.8 Å². The highest BCUT2D eigenvalue weighted by Gasteiger charge is 2.20. The van der Waals surface area contributed by atoms with Gasteiger partial charge in [0.15, 0.2) is 0 Å². The standard InChI is InChI=1S/C24H25N3O3S/c1-17-12-20(30-26-17)16-31-22-9-3-2-8-21(22)24(29)25-14-18-6-4-7-19(13-18)15-27-11-5-10-23(27)28/h2-4,6-9,12-13H,5,10-11,14-16H2,1H3,(H,25,29). The minimum atomic E-state index is -0.114. The largest absolute Gasteiger partial charge is 0.360 e. The summed E-state index contributed by atoms with van der Waals surface area (Å²) in [5.41, 5.74) is 3.58. The smallest absolute Gasteiger partial charge is 0.252 e. The topological polar surface area (TPSA) is 75.4 Å². The van der Waals surface area contributed by atoms with E-state index in [1.54, 1.807) is 11.8 Å². The Morgan fingerprint density at radius 3 is 2.77 bits per heavy atom. The molecule has 7 heteroatoms. The number of nitrogens with zero attached hydrogens (tertiary/aromatic N) is 2. The second-order valence-electron chi connectivity index (χ2n) is 7.64. The monoisotopic (exact) mass is 435 g/mol. The van der Waals surface area contributed by atoms with E-state index in [-0.39, 0.29) is 11.8 Å². The number of carbonyl (C=O) groups excluding carboxylic acids is 2. The maximum atomic E-state index is 12.8. The van der Waals surface area contributed by atoms with Gasteiger partial charge in [0.05, 0.1) is 17.0 Å². The van der Waals surface area contributed by atoms with Gasteiger partial charge in [0, 0.05) is 37.0 Å². The third-order valence-corrected chi connectivity index (χ3v) is 6.26. The normalized spacial score (nSPS) is 13.6. The molecule has 160 valence electrons. The lowest BCUT2D eigenvalue weighted by molar-refractivity contribution is -0.128. The van der Waals surface area contributed by atoms with Crippen LogP contribution in [0.1, 0.15) is 45.8 Å². The maximum absolute atomic E-state index is 12.8. The summed E-state index contributed by atoms with van der Waals surface area (Å²) in [5, 5.41) is 6.92. The second kappa shape index (κ2) is 9.83. The van der Waals surface area contributed by atoms with E-state index in [1.165, 1.54) is 0 Å². The van der Waals surface area contributed by atoms with E-state index in [2.05, 4.69) is 16.5 Å². The third-order valence-electron chi connectivity index (χ3n) is 5.17. The summed E-state index contributed by atoms with van der Waals surface area (Å²) in [7, 11) is 0. The van der Waals surface area contributed by atoms with Crippen molar-refractivity contribution in [1.82, 2.24) is 15.4 Å². The van der Waals surface area contributed by atoms with Crippen LogP contribution in [0.2, 0.25) is 0 Å². The van der Waals surface area contributed by atoms with Crippen LogP contribution in [0.15, 0.2) is 64.0 Å². The third kappa shape index (κ3) is 5.55. The molecule has 1 N–H and O–H groups in total. The second-order valence-corrected chi connectivity index (χ2v) is 8.66. The van der Waals surface area contributed by atoms with E-state index in [4.69, 9.17) is 4.52 Å². The fourth-order valence-corrected chi connectivity index (χ4v) is 4.55. The van der Waals surface area contributed by atoms with Gasteiger partial charge in [-0.15, -0.1) is 11.8 Å². The van der Waals surface area contributed by atoms with Crippen molar-refractivity contribution in [3.05, 3.63) is 82.7 Å². The van der Waals surface area contributed by atoms with Gasteiger partial charge in [-0.05, 0) is 36.6 Å². The van der Waals surface area contributed by atoms with Gasteiger partial charge < -0.3 is 14.7 Å². The Kier molecular flexibility index (Phi) is 6.72. The van der Waals surface area contributed by atoms with Crippen molar-refractivity contribution in [1.29, 1.82) is 0 Å². The Morgan fingerprint density at radius 2 is 2.00 bits per heavy atom. The fourth-order valence-electron chi connectivity index (χ4n) is 3.62. The van der Waals surface area contributed by atoms with E-state index >= 15 is 0 Å². The molecule has 2 amide bonds. The number of amides is 2. The zero-order valence-corrected chi connectivity index (χ0v) is 18.3. The molecule has 0 aliphatic carbocycles. The number of aryl methyl sites for hydroxylation is 1. The minimum absolute atomic E-state index is 0.114. The van der Waals surface area contributed by atoms with Crippen LogP contribution >= 0.6 is 11.8 Å². The molecule has 6 nitrogen and oxygen atoms in total. The molecule has 1 aromatic heterocycles. The highest BCUT2D eigenvalue weighted by Crippen LogP contribution is 2.26. The number of nitrogens with one attached hydrogen (secondary N) is 1. The fraction of sp³-hybridized carbons (Fsp3) is 0.292. The van der Waals surface area contributed by atoms with Crippen LogP contribution < -0.4 is 5.32 Å². The van der Waals surface area contributed by atoms with E-state index in [1.807, 2.05) is 60.4 Å². The van der Waals surface area contributed by atoms with Crippen molar-refractivity contribution in [3.8, 4) is 0 Å². The van der Waals surface area contributed by atoms with Gasteiger partial charge in [0.25, 0.3) is 5.91 Å². The Hall–Kier alpha value is -3.06. The molecular weight excluding hydrogens is 410 g/mol. The number of hydrogen-bond donors (Lipinski definition) is 1. The molecule has 2 heterocycles. The van der Waals surface area contributed by atoms with E-state index in [9.17, 15) is 9.59 Å². The molecule has 0 unspecified atom stereocenters. The first-order valence-corrected chi connectivity index (χ1v) is 11.3. The number of benzene rings is 2. The molecule has 3 aromatic rings. The molecule has 0 saturated carbocycles. The SMILES string of the molecule is Cc1cc(CSc2ccccc2C(=O)NCc2cccc(CN3CCCC3=O)c2)on1. The number of likely N-dealkylation sites (tertiary alicyclic amines) is 1. The molecule has 1 aliphatic rings. The van der Waals surface area contributed by atoms with Crippen molar-refractivity contribution in [2.45, 2.75) is 43.5 Å². The van der Waals surface area contributed by atoms with Gasteiger partial charge in [-0.1, -0.05) is 41.6 Å². The number of hydrogen-bond acceptors (Lipinski definition) is 5. The van der Waals surface area contributed by atoms with Crippen molar-refractivity contribution < 1.29 is 14.1 Å². The van der Waals surface area contributed by atoms with Crippen molar-refractivity contribution in [2.24, 2.45) is 0 Å². The van der Waals surface area contributed by atoms with Gasteiger partial charge in [0.1, 0.15) is 5.76 Å². The number of carbonyl (C=O) groups is 2. The lowest BCUT2D eigenvalue weighted by Crippen LogP contribution is -2.25. The summed E-state index contributed by atoms with van der Waals surface area (Å²) >= 11 is 1.55. The first kappa shape index (κ1) is 21.2. The van der Waals surface area contributed by atoms with Gasteiger partial charge in [0.2, 0.25) is 5.91 Å². The van der Waals surface area contributed by atoms with Gasteiger partial charge >= 0.3 is 0 Å². The molecule has 0 radical (unpaired) electrons. The predicted molar refractivity (Wildman–Crippen MR) is 120 cm³/mol. The van der Waals surface area contributed by atoms with Crippen LogP contribution in [0.25, 0.3) is 0 Å². The average Bonchev–Trinajstić information content (AvgIpc) is 3.38. The average molecular weight is 436 g/mol. The summed E-state index contributed by atoms with van der Waals surface area (Å²) < 4.78 is 5.26. The first-order chi connectivity index (χ1) is 15.1. The lowest BCUT2D eigenvalue weighted by Gasteiger charge is -2.16. The highest BCUT2D eigenvalue weighted by molar-refractivity contribution is 7.98. The first-order valence-electron chi connectivity index (χ1n) is 10.4. The van der Waals surface area contributed by atoms with Crippen molar-refractivity contribution >= 4 is 23.6 Å². The molecule has 0 atom stereocenters. The van der Waals surface area contributed by atoms with Crippen molar-refractivity contribution in [3.63, 3.8) is 0 Å². The summed E-state index contributed by atoms with van der Waals surface area (Å²) in [6.07, 6.45) is 1.57. The molecule has 0 spiro atoms. The minimum Gasteiger partial charge on any atom is -0.360 e. The van der Waals surface area contributed by atoms with Gasteiger partial charge in [-0.3, -0.25) is 9.59 Å². The number of aromatic nitrogens is 1.